The maximum Gasteiger partial charge on any atom is 0.256 e. The van der Waals surface area contributed by atoms with Gasteiger partial charge in [-0.15, -0.1) is 0 Å². The molecular weight excluding hydrogens is 398 g/mol. The van der Waals surface area contributed by atoms with Crippen LogP contribution in [0.1, 0.15) is 35.5 Å². The molecule has 0 aliphatic rings. The second-order valence-electron chi connectivity index (χ2n) is 7.11. The molecule has 2 aromatic carbocycles. The molecule has 0 fully saturated rings. The maximum absolute atomic E-state index is 13.4. The van der Waals surface area contributed by atoms with E-state index >= 15 is 0 Å². The summed E-state index contributed by atoms with van der Waals surface area (Å²) >= 11 is 6.32. The minimum absolute atomic E-state index is 0.131. The van der Waals surface area contributed by atoms with Gasteiger partial charge in [0.15, 0.2) is 0 Å². The Hall–Kier alpha value is -2.92. The molecule has 158 valence electrons. The first-order valence-electron chi connectivity index (χ1n) is 10.2. The number of nitrogens with zero attached hydrogens (tertiary/aromatic N) is 2. The Labute approximate surface area is 183 Å². The average molecular weight is 426 g/mol. The van der Waals surface area contributed by atoms with Crippen molar-refractivity contribution in [2.45, 2.75) is 26.9 Å². The Morgan fingerprint density at radius 3 is 2.53 bits per heavy atom. The SMILES string of the molecule is CCNc1ccc(N(C)CC)cc1CN(Cc1ccco1)C(=O)c1ccccc1Cl. The first-order valence-corrected chi connectivity index (χ1v) is 10.5. The van der Waals surface area contributed by atoms with Gasteiger partial charge in [0.2, 0.25) is 0 Å². The fraction of sp³-hybridized carbons (Fsp3) is 0.292. The van der Waals surface area contributed by atoms with Gasteiger partial charge in [0.1, 0.15) is 5.76 Å². The van der Waals surface area contributed by atoms with Crippen LogP contribution >= 0.6 is 11.6 Å². The van der Waals surface area contributed by atoms with Gasteiger partial charge in [-0.3, -0.25) is 4.79 Å². The second-order valence-corrected chi connectivity index (χ2v) is 7.51. The number of nitrogens with one attached hydrogen (secondary N) is 1. The summed E-state index contributed by atoms with van der Waals surface area (Å²) in [5.74, 6) is 0.593. The van der Waals surface area contributed by atoms with Crippen LogP contribution in [0.5, 0.6) is 0 Å². The third-order valence-electron chi connectivity index (χ3n) is 5.05. The Morgan fingerprint density at radius 2 is 1.87 bits per heavy atom. The first kappa shape index (κ1) is 21.8. The van der Waals surface area contributed by atoms with Gasteiger partial charge in [-0.05, 0) is 61.9 Å². The summed E-state index contributed by atoms with van der Waals surface area (Å²) in [6.07, 6.45) is 1.62. The summed E-state index contributed by atoms with van der Waals surface area (Å²) in [4.78, 5) is 17.4. The zero-order valence-corrected chi connectivity index (χ0v) is 18.4. The number of amides is 1. The lowest BCUT2D eigenvalue weighted by atomic mass is 10.1. The van der Waals surface area contributed by atoms with Crippen LogP contribution < -0.4 is 10.2 Å². The molecule has 0 aliphatic heterocycles. The van der Waals surface area contributed by atoms with Crippen LogP contribution in [0.4, 0.5) is 11.4 Å². The lowest BCUT2D eigenvalue weighted by molar-refractivity contribution is 0.0718. The third kappa shape index (κ3) is 5.16. The Balaban J connectivity index is 1.98. The largest absolute Gasteiger partial charge is 0.467 e. The summed E-state index contributed by atoms with van der Waals surface area (Å²) in [5, 5.41) is 3.85. The van der Waals surface area contributed by atoms with E-state index in [0.717, 1.165) is 35.8 Å². The smallest absolute Gasteiger partial charge is 0.256 e. The van der Waals surface area contributed by atoms with Crippen molar-refractivity contribution in [2.24, 2.45) is 0 Å². The molecule has 3 aromatic rings. The van der Waals surface area contributed by atoms with Gasteiger partial charge < -0.3 is 19.5 Å². The lowest BCUT2D eigenvalue weighted by Gasteiger charge is -2.26. The molecule has 0 saturated heterocycles. The molecule has 0 spiro atoms. The summed E-state index contributed by atoms with van der Waals surface area (Å²) in [5.41, 5.74) is 3.65. The second kappa shape index (κ2) is 10.2. The van der Waals surface area contributed by atoms with Crippen molar-refractivity contribution >= 4 is 28.9 Å². The topological polar surface area (TPSA) is 48.7 Å². The van der Waals surface area contributed by atoms with Crippen molar-refractivity contribution in [1.82, 2.24) is 4.90 Å². The summed E-state index contributed by atoms with van der Waals surface area (Å²) in [6.45, 7) is 6.66. The van der Waals surface area contributed by atoms with E-state index in [9.17, 15) is 4.79 Å². The Kier molecular flexibility index (Phi) is 7.41. The molecule has 0 unspecified atom stereocenters. The number of carbonyl (C=O) groups excluding carboxylic acids is 1. The van der Waals surface area contributed by atoms with Crippen LogP contribution in [-0.4, -0.2) is 30.9 Å². The standard InChI is InChI=1S/C24H28ClN3O2/c1-4-26-23-13-12-19(27(3)5-2)15-18(23)16-28(17-20-9-8-14-30-20)24(29)21-10-6-7-11-22(21)25/h6-15,26H,4-5,16-17H2,1-3H3. The molecule has 6 heteroatoms. The normalized spacial score (nSPS) is 10.7. The van der Waals surface area contributed by atoms with E-state index in [2.05, 4.69) is 49.3 Å². The Bertz CT molecular complexity index is 972. The van der Waals surface area contributed by atoms with Gasteiger partial charge in [-0.1, -0.05) is 23.7 Å². The highest BCUT2D eigenvalue weighted by molar-refractivity contribution is 6.33. The van der Waals surface area contributed by atoms with E-state index < -0.39 is 0 Å². The van der Waals surface area contributed by atoms with Crippen LogP contribution in [0, 0.1) is 0 Å². The number of furan rings is 1. The summed E-state index contributed by atoms with van der Waals surface area (Å²) in [6, 6.07) is 17.1. The molecule has 0 bridgehead atoms. The van der Waals surface area contributed by atoms with Gasteiger partial charge in [-0.2, -0.15) is 0 Å². The van der Waals surface area contributed by atoms with Gasteiger partial charge >= 0.3 is 0 Å². The molecule has 1 heterocycles. The van der Waals surface area contributed by atoms with Crippen LogP contribution in [-0.2, 0) is 13.1 Å². The minimum Gasteiger partial charge on any atom is -0.467 e. The minimum atomic E-state index is -0.131. The zero-order chi connectivity index (χ0) is 21.5. The molecule has 30 heavy (non-hydrogen) atoms. The van der Waals surface area contributed by atoms with Crippen molar-refractivity contribution in [2.75, 3.05) is 30.4 Å². The van der Waals surface area contributed by atoms with Gasteiger partial charge in [0.25, 0.3) is 5.91 Å². The van der Waals surface area contributed by atoms with Gasteiger partial charge in [-0.25, -0.2) is 0 Å². The highest BCUT2D eigenvalue weighted by atomic mass is 35.5. The molecule has 1 N–H and O–H groups in total. The monoisotopic (exact) mass is 425 g/mol. The third-order valence-corrected chi connectivity index (χ3v) is 5.38. The number of hydrogen-bond acceptors (Lipinski definition) is 4. The number of carbonyl (C=O) groups is 1. The predicted octanol–water partition coefficient (Wildman–Crippen LogP) is 5.66. The average Bonchev–Trinajstić information content (AvgIpc) is 3.27. The fourth-order valence-corrected chi connectivity index (χ4v) is 3.51. The predicted molar refractivity (Wildman–Crippen MR) is 123 cm³/mol. The van der Waals surface area contributed by atoms with E-state index in [1.807, 2.05) is 24.3 Å². The van der Waals surface area contributed by atoms with Crippen molar-refractivity contribution in [3.8, 4) is 0 Å². The van der Waals surface area contributed by atoms with Crippen molar-refractivity contribution in [3.63, 3.8) is 0 Å². The lowest BCUT2D eigenvalue weighted by Crippen LogP contribution is -2.30. The van der Waals surface area contributed by atoms with E-state index in [0.29, 0.717) is 23.7 Å². The van der Waals surface area contributed by atoms with Crippen LogP contribution in [0.15, 0.2) is 65.3 Å². The van der Waals surface area contributed by atoms with Crippen LogP contribution in [0.3, 0.4) is 0 Å². The summed E-state index contributed by atoms with van der Waals surface area (Å²) in [7, 11) is 2.06. The van der Waals surface area contributed by atoms with E-state index in [4.69, 9.17) is 16.0 Å². The zero-order valence-electron chi connectivity index (χ0n) is 17.7. The van der Waals surface area contributed by atoms with E-state index in [1.54, 1.807) is 23.3 Å². The number of halogens is 1. The van der Waals surface area contributed by atoms with Crippen molar-refractivity contribution < 1.29 is 9.21 Å². The van der Waals surface area contributed by atoms with E-state index in [1.165, 1.54) is 0 Å². The number of anilines is 2. The van der Waals surface area contributed by atoms with Crippen molar-refractivity contribution in [3.05, 3.63) is 82.8 Å². The molecule has 0 radical (unpaired) electrons. The quantitative estimate of drug-likeness (QED) is 0.480. The number of benzene rings is 2. The van der Waals surface area contributed by atoms with Crippen molar-refractivity contribution in [1.29, 1.82) is 0 Å². The molecule has 0 atom stereocenters. The molecule has 5 nitrogen and oxygen atoms in total. The molecule has 3 rings (SSSR count). The fourth-order valence-electron chi connectivity index (χ4n) is 3.29. The molecule has 0 aliphatic carbocycles. The molecule has 1 aromatic heterocycles. The molecule has 0 saturated carbocycles. The van der Waals surface area contributed by atoms with Gasteiger partial charge in [0, 0.05) is 38.1 Å². The summed E-state index contributed by atoms with van der Waals surface area (Å²) < 4.78 is 5.52. The molecule has 1 amide bonds. The number of hydrogen-bond donors (Lipinski definition) is 1. The first-order chi connectivity index (χ1) is 14.5. The Morgan fingerprint density at radius 1 is 1.07 bits per heavy atom. The van der Waals surface area contributed by atoms with Gasteiger partial charge in [0.05, 0.1) is 23.4 Å². The highest BCUT2D eigenvalue weighted by Crippen LogP contribution is 2.27. The molecular formula is C24H28ClN3O2. The van der Waals surface area contributed by atoms with Crippen LogP contribution in [0.2, 0.25) is 5.02 Å². The van der Waals surface area contributed by atoms with Crippen LogP contribution in [0.25, 0.3) is 0 Å². The van der Waals surface area contributed by atoms with E-state index in [-0.39, 0.29) is 5.91 Å². The highest BCUT2D eigenvalue weighted by Gasteiger charge is 2.21. The number of rotatable bonds is 9. The maximum atomic E-state index is 13.4.